The summed E-state index contributed by atoms with van der Waals surface area (Å²) in [5.74, 6) is 0.720. The van der Waals surface area contributed by atoms with Crippen LogP contribution in [0.3, 0.4) is 0 Å². The Kier molecular flexibility index (Phi) is 7.00. The summed E-state index contributed by atoms with van der Waals surface area (Å²) in [6, 6.07) is 13.9. The molecule has 0 radical (unpaired) electrons. The van der Waals surface area contributed by atoms with Gasteiger partial charge in [0.2, 0.25) is 5.91 Å². The van der Waals surface area contributed by atoms with Crippen LogP contribution in [0, 0.1) is 0 Å². The Hall–Kier alpha value is -2.11. The van der Waals surface area contributed by atoms with E-state index in [4.69, 9.17) is 4.74 Å². The van der Waals surface area contributed by atoms with Gasteiger partial charge in [-0.15, -0.1) is 0 Å². The zero-order valence-corrected chi connectivity index (χ0v) is 16.2. The topological polar surface area (TPSA) is 61.8 Å². The molecule has 5 heteroatoms. The first-order chi connectivity index (χ1) is 12.3. The standard InChI is InChI=1S/C21H30N2O3/c1-5-23(14-20(25)22-21(2,3)4)13-17(24)15-26-19-12-8-10-16-9-6-7-11-18(16)19/h6-12,17,24H,5,13-15H2,1-4H3,(H,22,25)/t17-/m1/s1. The van der Waals surface area contributed by atoms with Crippen molar-refractivity contribution in [2.24, 2.45) is 0 Å². The van der Waals surface area contributed by atoms with Crippen molar-refractivity contribution in [2.75, 3.05) is 26.2 Å². The third kappa shape index (κ3) is 6.32. The van der Waals surface area contributed by atoms with E-state index in [2.05, 4.69) is 5.32 Å². The predicted molar refractivity (Wildman–Crippen MR) is 105 cm³/mol. The van der Waals surface area contributed by atoms with Crippen LogP contribution in [0.2, 0.25) is 0 Å². The van der Waals surface area contributed by atoms with E-state index in [1.807, 2.05) is 75.1 Å². The van der Waals surface area contributed by atoms with Crippen LogP contribution < -0.4 is 10.1 Å². The van der Waals surface area contributed by atoms with Crippen LogP contribution in [-0.4, -0.2) is 53.8 Å². The van der Waals surface area contributed by atoms with Gasteiger partial charge in [-0.05, 0) is 38.8 Å². The molecule has 0 saturated heterocycles. The minimum Gasteiger partial charge on any atom is -0.490 e. The summed E-state index contributed by atoms with van der Waals surface area (Å²) in [7, 11) is 0. The third-order valence-electron chi connectivity index (χ3n) is 3.98. The van der Waals surface area contributed by atoms with E-state index in [0.29, 0.717) is 13.1 Å². The van der Waals surface area contributed by atoms with Crippen molar-refractivity contribution in [1.82, 2.24) is 10.2 Å². The van der Waals surface area contributed by atoms with Gasteiger partial charge in [0.05, 0.1) is 6.54 Å². The zero-order valence-electron chi connectivity index (χ0n) is 16.2. The molecule has 0 saturated carbocycles. The number of ether oxygens (including phenoxy) is 1. The molecule has 0 spiro atoms. The summed E-state index contributed by atoms with van der Waals surface area (Å²) in [5, 5.41) is 15.4. The Balaban J connectivity index is 1.88. The van der Waals surface area contributed by atoms with Crippen molar-refractivity contribution in [3.63, 3.8) is 0 Å². The van der Waals surface area contributed by atoms with Crippen molar-refractivity contribution in [1.29, 1.82) is 0 Å². The first-order valence-electron chi connectivity index (χ1n) is 9.10. The van der Waals surface area contributed by atoms with Gasteiger partial charge < -0.3 is 15.2 Å². The fourth-order valence-corrected chi connectivity index (χ4v) is 2.82. The van der Waals surface area contributed by atoms with Crippen LogP contribution in [0.15, 0.2) is 42.5 Å². The molecule has 2 aromatic rings. The molecule has 0 heterocycles. The van der Waals surface area contributed by atoms with E-state index in [1.54, 1.807) is 0 Å². The lowest BCUT2D eigenvalue weighted by Gasteiger charge is -2.26. The van der Waals surface area contributed by atoms with Crippen molar-refractivity contribution in [3.8, 4) is 5.75 Å². The molecule has 0 aliphatic heterocycles. The highest BCUT2D eigenvalue weighted by Gasteiger charge is 2.18. The molecule has 2 N–H and O–H groups in total. The molecule has 1 amide bonds. The molecule has 2 aromatic carbocycles. The molecule has 2 rings (SSSR count). The monoisotopic (exact) mass is 358 g/mol. The van der Waals surface area contributed by atoms with Gasteiger partial charge in [0.15, 0.2) is 0 Å². The lowest BCUT2D eigenvalue weighted by Crippen LogP contribution is -2.47. The maximum atomic E-state index is 12.1. The molecule has 142 valence electrons. The highest BCUT2D eigenvalue weighted by Crippen LogP contribution is 2.25. The van der Waals surface area contributed by atoms with E-state index in [0.717, 1.165) is 16.5 Å². The highest BCUT2D eigenvalue weighted by molar-refractivity contribution is 5.88. The van der Waals surface area contributed by atoms with Crippen molar-refractivity contribution in [3.05, 3.63) is 42.5 Å². The van der Waals surface area contributed by atoms with E-state index in [9.17, 15) is 9.90 Å². The maximum absolute atomic E-state index is 12.1. The average molecular weight is 358 g/mol. The normalized spacial score (nSPS) is 13.0. The molecule has 5 nitrogen and oxygen atoms in total. The van der Waals surface area contributed by atoms with Gasteiger partial charge in [-0.1, -0.05) is 43.3 Å². The van der Waals surface area contributed by atoms with Gasteiger partial charge in [-0.3, -0.25) is 9.69 Å². The van der Waals surface area contributed by atoms with E-state index in [-0.39, 0.29) is 24.6 Å². The largest absolute Gasteiger partial charge is 0.490 e. The lowest BCUT2D eigenvalue weighted by atomic mass is 10.1. The van der Waals surface area contributed by atoms with Crippen LogP contribution in [0.4, 0.5) is 0 Å². The first kappa shape index (κ1) is 20.2. The molecule has 1 atom stereocenters. The van der Waals surface area contributed by atoms with Gasteiger partial charge in [0.25, 0.3) is 0 Å². The second kappa shape index (κ2) is 9.01. The predicted octanol–water partition coefficient (Wildman–Crippen LogP) is 2.82. The van der Waals surface area contributed by atoms with Crippen LogP contribution >= 0.6 is 0 Å². The van der Waals surface area contributed by atoms with Gasteiger partial charge >= 0.3 is 0 Å². The summed E-state index contributed by atoms with van der Waals surface area (Å²) >= 11 is 0. The number of hydrogen-bond donors (Lipinski definition) is 2. The lowest BCUT2D eigenvalue weighted by molar-refractivity contribution is -0.124. The summed E-state index contributed by atoms with van der Waals surface area (Å²) < 4.78 is 5.83. The van der Waals surface area contributed by atoms with Crippen LogP contribution in [0.1, 0.15) is 27.7 Å². The van der Waals surface area contributed by atoms with E-state index >= 15 is 0 Å². The number of hydrogen-bond acceptors (Lipinski definition) is 4. The van der Waals surface area contributed by atoms with Gasteiger partial charge in [-0.25, -0.2) is 0 Å². The number of carbonyl (C=O) groups is 1. The fraction of sp³-hybridized carbons (Fsp3) is 0.476. The number of carbonyl (C=O) groups excluding carboxylic acids is 1. The minimum atomic E-state index is -0.670. The second-order valence-corrected chi connectivity index (χ2v) is 7.57. The average Bonchev–Trinajstić information content (AvgIpc) is 2.57. The number of nitrogens with one attached hydrogen (secondary N) is 1. The smallest absolute Gasteiger partial charge is 0.234 e. The molecule has 26 heavy (non-hydrogen) atoms. The Morgan fingerprint density at radius 2 is 1.88 bits per heavy atom. The van der Waals surface area contributed by atoms with Crippen molar-refractivity contribution in [2.45, 2.75) is 39.3 Å². The molecule has 0 bridgehead atoms. The number of fused-ring (bicyclic) bond motifs is 1. The van der Waals surface area contributed by atoms with Gasteiger partial charge in [0.1, 0.15) is 18.5 Å². The van der Waals surface area contributed by atoms with Crippen molar-refractivity contribution < 1.29 is 14.6 Å². The number of amides is 1. The number of likely N-dealkylation sites (N-methyl/N-ethyl adjacent to an activating group) is 1. The van der Waals surface area contributed by atoms with Crippen LogP contribution in [0.25, 0.3) is 10.8 Å². The van der Waals surface area contributed by atoms with Crippen LogP contribution in [-0.2, 0) is 4.79 Å². The number of aliphatic hydroxyl groups is 1. The molecule has 0 unspecified atom stereocenters. The molecule has 0 aromatic heterocycles. The van der Waals surface area contributed by atoms with Gasteiger partial charge in [0, 0.05) is 17.5 Å². The van der Waals surface area contributed by atoms with Crippen LogP contribution in [0.5, 0.6) is 5.75 Å². The number of nitrogens with zero attached hydrogens (tertiary/aromatic N) is 1. The molecular formula is C21H30N2O3. The summed E-state index contributed by atoms with van der Waals surface area (Å²) in [6.45, 7) is 9.35. The summed E-state index contributed by atoms with van der Waals surface area (Å²) in [6.07, 6.45) is -0.670. The van der Waals surface area contributed by atoms with E-state index in [1.165, 1.54) is 0 Å². The Morgan fingerprint density at radius 1 is 1.19 bits per heavy atom. The number of rotatable bonds is 8. The summed E-state index contributed by atoms with van der Waals surface area (Å²) in [5.41, 5.74) is -0.257. The fourth-order valence-electron chi connectivity index (χ4n) is 2.82. The molecule has 0 aliphatic rings. The minimum absolute atomic E-state index is 0.0403. The summed E-state index contributed by atoms with van der Waals surface area (Å²) in [4.78, 5) is 14.0. The Bertz CT molecular complexity index is 719. The SMILES string of the molecule is CCN(CC(=O)NC(C)(C)C)C[C@@H](O)COc1cccc2ccccc12. The van der Waals surface area contributed by atoms with Gasteiger partial charge in [-0.2, -0.15) is 0 Å². The first-order valence-corrected chi connectivity index (χ1v) is 9.10. The molecule has 0 aliphatic carbocycles. The van der Waals surface area contributed by atoms with Crippen molar-refractivity contribution >= 4 is 16.7 Å². The number of benzene rings is 2. The second-order valence-electron chi connectivity index (χ2n) is 7.57. The molecular weight excluding hydrogens is 328 g/mol. The maximum Gasteiger partial charge on any atom is 0.234 e. The Morgan fingerprint density at radius 3 is 2.58 bits per heavy atom. The number of aliphatic hydroxyl groups excluding tert-OH is 1. The zero-order chi connectivity index (χ0) is 19.2. The quantitative estimate of drug-likeness (QED) is 0.762. The van der Waals surface area contributed by atoms with E-state index < -0.39 is 6.10 Å². The Labute approximate surface area is 156 Å². The third-order valence-corrected chi connectivity index (χ3v) is 3.98. The molecule has 0 fully saturated rings. The highest BCUT2D eigenvalue weighted by atomic mass is 16.5.